The Morgan fingerprint density at radius 3 is 2.61 bits per heavy atom. The Morgan fingerprint density at radius 1 is 1.25 bits per heavy atom. The Balaban J connectivity index is 0.00000280. The summed E-state index contributed by atoms with van der Waals surface area (Å²) in [7, 11) is 0. The van der Waals surface area contributed by atoms with Crippen LogP contribution in [0.4, 0.5) is 5.69 Å². The van der Waals surface area contributed by atoms with Crippen molar-refractivity contribution < 1.29 is 9.59 Å². The third kappa shape index (κ3) is 5.21. The lowest BCUT2D eigenvalue weighted by molar-refractivity contribution is 0.0955. The normalized spacial score (nSPS) is 18.8. The standard InChI is InChI=1S/C18H23ClN6O2.ClH/c1-2-21-17(26)14-8-5-12(9-15(14)19)22-18(27)16-10-25(24-23-16)13-6-3-11(20)4-7-13;/h5,8-11,13H,2-4,6-7,20H2,1H3,(H,21,26)(H,22,27);1H. The molecule has 0 radical (unpaired) electrons. The summed E-state index contributed by atoms with van der Waals surface area (Å²) in [5.74, 6) is -0.633. The third-order valence-corrected chi connectivity index (χ3v) is 4.98. The van der Waals surface area contributed by atoms with Gasteiger partial charge in [-0.1, -0.05) is 16.8 Å². The van der Waals surface area contributed by atoms with Gasteiger partial charge >= 0.3 is 0 Å². The Kier molecular flexibility index (Phi) is 7.79. The van der Waals surface area contributed by atoms with Crippen molar-refractivity contribution in [3.8, 4) is 0 Å². The van der Waals surface area contributed by atoms with Gasteiger partial charge < -0.3 is 16.4 Å². The van der Waals surface area contributed by atoms with Crippen molar-refractivity contribution in [1.29, 1.82) is 0 Å². The number of rotatable bonds is 5. The molecule has 1 aromatic heterocycles. The molecule has 152 valence electrons. The second kappa shape index (κ2) is 9.86. The fourth-order valence-electron chi connectivity index (χ4n) is 3.15. The van der Waals surface area contributed by atoms with Crippen LogP contribution in [0.3, 0.4) is 0 Å². The molecule has 10 heteroatoms. The van der Waals surface area contributed by atoms with E-state index >= 15 is 0 Å². The molecule has 0 atom stereocenters. The van der Waals surface area contributed by atoms with E-state index in [2.05, 4.69) is 20.9 Å². The van der Waals surface area contributed by atoms with Gasteiger partial charge in [0.05, 0.1) is 22.8 Å². The minimum absolute atomic E-state index is 0. The average Bonchev–Trinajstić information content (AvgIpc) is 3.13. The predicted molar refractivity (Wildman–Crippen MR) is 110 cm³/mol. The molecule has 8 nitrogen and oxygen atoms in total. The largest absolute Gasteiger partial charge is 0.352 e. The molecular formula is C18H24Cl2N6O2. The third-order valence-electron chi connectivity index (χ3n) is 4.67. The highest BCUT2D eigenvalue weighted by Gasteiger charge is 2.22. The lowest BCUT2D eigenvalue weighted by Crippen LogP contribution is -2.28. The Bertz CT molecular complexity index is 833. The molecule has 2 aromatic rings. The second-order valence-electron chi connectivity index (χ2n) is 6.66. The van der Waals surface area contributed by atoms with Crippen LogP contribution in [-0.2, 0) is 0 Å². The number of nitrogens with two attached hydrogens (primary N) is 1. The Labute approximate surface area is 174 Å². The van der Waals surface area contributed by atoms with Crippen molar-refractivity contribution in [3.63, 3.8) is 0 Å². The van der Waals surface area contributed by atoms with Crippen LogP contribution >= 0.6 is 24.0 Å². The van der Waals surface area contributed by atoms with Crippen molar-refractivity contribution >= 4 is 41.5 Å². The number of nitrogens with zero attached hydrogens (tertiary/aromatic N) is 3. The van der Waals surface area contributed by atoms with Crippen molar-refractivity contribution in [3.05, 3.63) is 40.7 Å². The molecule has 0 unspecified atom stereocenters. The van der Waals surface area contributed by atoms with E-state index in [1.165, 1.54) is 6.07 Å². The number of carbonyl (C=O) groups is 2. The molecule has 0 aliphatic heterocycles. The molecule has 1 aliphatic rings. The maximum atomic E-state index is 12.4. The summed E-state index contributed by atoms with van der Waals surface area (Å²) < 4.78 is 1.74. The van der Waals surface area contributed by atoms with Crippen LogP contribution in [0.1, 0.15) is 59.5 Å². The van der Waals surface area contributed by atoms with E-state index in [1.54, 1.807) is 23.0 Å². The summed E-state index contributed by atoms with van der Waals surface area (Å²) in [6, 6.07) is 5.22. The van der Waals surface area contributed by atoms with E-state index < -0.39 is 0 Å². The number of aromatic nitrogens is 3. The van der Waals surface area contributed by atoms with Crippen molar-refractivity contribution in [2.75, 3.05) is 11.9 Å². The Morgan fingerprint density at radius 2 is 1.96 bits per heavy atom. The van der Waals surface area contributed by atoms with Gasteiger partial charge in [-0.2, -0.15) is 0 Å². The van der Waals surface area contributed by atoms with Gasteiger partial charge in [0.25, 0.3) is 11.8 Å². The van der Waals surface area contributed by atoms with Crippen molar-refractivity contribution in [2.24, 2.45) is 5.73 Å². The van der Waals surface area contributed by atoms with Gasteiger partial charge in [-0.15, -0.1) is 17.5 Å². The van der Waals surface area contributed by atoms with Crippen LogP contribution in [0.15, 0.2) is 24.4 Å². The van der Waals surface area contributed by atoms with E-state index in [0.717, 1.165) is 25.7 Å². The van der Waals surface area contributed by atoms with Crippen molar-refractivity contribution in [2.45, 2.75) is 44.7 Å². The van der Waals surface area contributed by atoms with Gasteiger partial charge in [-0.3, -0.25) is 9.59 Å². The van der Waals surface area contributed by atoms with Crippen molar-refractivity contribution in [1.82, 2.24) is 20.3 Å². The van der Waals surface area contributed by atoms with E-state index in [9.17, 15) is 9.59 Å². The highest BCUT2D eigenvalue weighted by molar-refractivity contribution is 6.34. The molecule has 0 saturated heterocycles. The first-order valence-corrected chi connectivity index (χ1v) is 9.42. The number of hydrogen-bond donors (Lipinski definition) is 3. The number of halogens is 2. The van der Waals surface area contributed by atoms with Crippen LogP contribution in [0, 0.1) is 0 Å². The van der Waals surface area contributed by atoms with E-state index in [4.69, 9.17) is 17.3 Å². The van der Waals surface area contributed by atoms with E-state index in [0.29, 0.717) is 17.8 Å². The number of hydrogen-bond acceptors (Lipinski definition) is 5. The molecule has 1 aliphatic carbocycles. The maximum absolute atomic E-state index is 12.4. The predicted octanol–water partition coefficient (Wildman–Crippen LogP) is 2.80. The minimum Gasteiger partial charge on any atom is -0.352 e. The summed E-state index contributed by atoms with van der Waals surface area (Å²) in [6.07, 6.45) is 5.41. The van der Waals surface area contributed by atoms with Gasteiger partial charge in [0.2, 0.25) is 0 Å². The summed E-state index contributed by atoms with van der Waals surface area (Å²) in [6.45, 7) is 2.34. The zero-order valence-electron chi connectivity index (χ0n) is 15.5. The molecule has 28 heavy (non-hydrogen) atoms. The first-order chi connectivity index (χ1) is 13.0. The van der Waals surface area contributed by atoms with Gasteiger partial charge in [0, 0.05) is 18.3 Å². The van der Waals surface area contributed by atoms with Crippen LogP contribution in [0.5, 0.6) is 0 Å². The van der Waals surface area contributed by atoms with Crippen LogP contribution in [0.2, 0.25) is 5.02 Å². The summed E-state index contributed by atoms with van der Waals surface area (Å²) in [5.41, 5.74) is 7.00. The molecule has 1 fully saturated rings. The minimum atomic E-state index is -0.379. The molecule has 2 amide bonds. The quantitative estimate of drug-likeness (QED) is 0.679. The summed E-state index contributed by atoms with van der Waals surface area (Å²) in [4.78, 5) is 24.3. The Hall–Kier alpha value is -2.16. The van der Waals surface area contributed by atoms with Gasteiger partial charge in [-0.05, 0) is 50.8 Å². The molecule has 4 N–H and O–H groups in total. The molecule has 3 rings (SSSR count). The number of carbonyl (C=O) groups excluding carboxylic acids is 2. The first-order valence-electron chi connectivity index (χ1n) is 9.04. The van der Waals surface area contributed by atoms with E-state index in [1.807, 2.05) is 6.92 Å². The first kappa shape index (κ1) is 22.1. The number of anilines is 1. The highest BCUT2D eigenvalue weighted by atomic mass is 35.5. The summed E-state index contributed by atoms with van der Waals surface area (Å²) in [5, 5.41) is 13.7. The smallest absolute Gasteiger partial charge is 0.277 e. The maximum Gasteiger partial charge on any atom is 0.277 e. The van der Waals surface area contributed by atoms with Gasteiger partial charge in [-0.25, -0.2) is 4.68 Å². The van der Waals surface area contributed by atoms with Gasteiger partial charge in [0.1, 0.15) is 0 Å². The lowest BCUT2D eigenvalue weighted by atomic mass is 9.92. The SMILES string of the molecule is CCNC(=O)c1ccc(NC(=O)c2cn(C3CCC(N)CC3)nn2)cc1Cl.Cl. The lowest BCUT2D eigenvalue weighted by Gasteiger charge is -2.25. The molecule has 0 spiro atoms. The number of amides is 2. The zero-order chi connectivity index (χ0) is 19.4. The fourth-order valence-corrected chi connectivity index (χ4v) is 3.42. The monoisotopic (exact) mass is 426 g/mol. The van der Waals surface area contributed by atoms with Crippen LogP contribution < -0.4 is 16.4 Å². The number of benzene rings is 1. The highest BCUT2D eigenvalue weighted by Crippen LogP contribution is 2.27. The molecule has 1 heterocycles. The number of nitrogens with one attached hydrogen (secondary N) is 2. The zero-order valence-corrected chi connectivity index (χ0v) is 17.1. The summed E-state index contributed by atoms with van der Waals surface area (Å²) >= 11 is 6.15. The second-order valence-corrected chi connectivity index (χ2v) is 7.07. The van der Waals surface area contributed by atoms with Gasteiger partial charge in [0.15, 0.2) is 5.69 Å². The molecule has 1 aromatic carbocycles. The molecular weight excluding hydrogens is 403 g/mol. The van der Waals surface area contributed by atoms with Crippen LogP contribution in [0.25, 0.3) is 0 Å². The van der Waals surface area contributed by atoms with Crippen LogP contribution in [-0.4, -0.2) is 39.4 Å². The van der Waals surface area contributed by atoms with E-state index in [-0.39, 0.29) is 47.0 Å². The fraction of sp³-hybridized carbons (Fsp3) is 0.444. The molecule has 1 saturated carbocycles. The topological polar surface area (TPSA) is 115 Å². The average molecular weight is 427 g/mol. The molecule has 0 bridgehead atoms.